The molecule has 15 heavy (non-hydrogen) atoms. The van der Waals surface area contributed by atoms with Gasteiger partial charge in [0.25, 0.3) is 0 Å². The number of hydrogen-bond acceptors (Lipinski definition) is 3. The maximum atomic E-state index is 11.1. The SMILES string of the molecule is CC=CC(=O)NCc1ccc(OC)nc1. The van der Waals surface area contributed by atoms with E-state index in [1.54, 1.807) is 32.4 Å². The van der Waals surface area contributed by atoms with Crippen molar-refractivity contribution in [1.29, 1.82) is 0 Å². The Labute approximate surface area is 89.0 Å². The molecule has 0 fully saturated rings. The van der Waals surface area contributed by atoms with Crippen molar-refractivity contribution < 1.29 is 9.53 Å². The molecule has 4 nitrogen and oxygen atoms in total. The number of ether oxygens (including phenoxy) is 1. The van der Waals surface area contributed by atoms with Crippen LogP contribution in [0.5, 0.6) is 5.88 Å². The van der Waals surface area contributed by atoms with Gasteiger partial charge in [0.15, 0.2) is 0 Å². The van der Waals surface area contributed by atoms with E-state index in [1.165, 1.54) is 6.08 Å². The molecule has 1 aromatic rings. The van der Waals surface area contributed by atoms with E-state index in [9.17, 15) is 4.79 Å². The molecule has 0 saturated heterocycles. The predicted octanol–water partition coefficient (Wildman–Crippen LogP) is 1.28. The van der Waals surface area contributed by atoms with Gasteiger partial charge in [-0.1, -0.05) is 12.1 Å². The Bertz CT molecular complexity index is 344. The smallest absolute Gasteiger partial charge is 0.243 e. The minimum Gasteiger partial charge on any atom is -0.481 e. The molecule has 0 aliphatic rings. The van der Waals surface area contributed by atoms with Gasteiger partial charge >= 0.3 is 0 Å². The molecule has 1 amide bonds. The van der Waals surface area contributed by atoms with Gasteiger partial charge in [0.2, 0.25) is 11.8 Å². The number of rotatable bonds is 4. The summed E-state index contributed by atoms with van der Waals surface area (Å²) in [5.41, 5.74) is 0.939. The first-order valence-electron chi connectivity index (χ1n) is 4.65. The van der Waals surface area contributed by atoms with Gasteiger partial charge in [-0.3, -0.25) is 4.79 Å². The van der Waals surface area contributed by atoms with Crippen LogP contribution in [-0.4, -0.2) is 18.0 Å². The summed E-state index contributed by atoms with van der Waals surface area (Å²) in [6.07, 6.45) is 4.85. The third kappa shape index (κ3) is 3.81. The number of pyridine rings is 1. The molecule has 0 spiro atoms. The standard InChI is InChI=1S/C11H14N2O2/c1-3-4-10(14)12-7-9-5-6-11(15-2)13-8-9/h3-6,8H,7H2,1-2H3,(H,12,14). The van der Waals surface area contributed by atoms with Crippen LogP contribution in [0.1, 0.15) is 12.5 Å². The van der Waals surface area contributed by atoms with E-state index in [0.29, 0.717) is 12.4 Å². The first kappa shape index (κ1) is 11.2. The number of amides is 1. The molecule has 0 unspecified atom stereocenters. The average molecular weight is 206 g/mol. The van der Waals surface area contributed by atoms with Crippen molar-refractivity contribution in [3.8, 4) is 5.88 Å². The third-order valence-corrected chi connectivity index (χ3v) is 1.79. The third-order valence-electron chi connectivity index (χ3n) is 1.79. The van der Waals surface area contributed by atoms with Gasteiger partial charge in [-0.15, -0.1) is 0 Å². The number of nitrogens with zero attached hydrogens (tertiary/aromatic N) is 1. The van der Waals surface area contributed by atoms with Gasteiger partial charge in [-0.25, -0.2) is 4.98 Å². The van der Waals surface area contributed by atoms with E-state index in [4.69, 9.17) is 4.74 Å². The highest BCUT2D eigenvalue weighted by Crippen LogP contribution is 2.05. The minimum atomic E-state index is -0.103. The van der Waals surface area contributed by atoms with E-state index < -0.39 is 0 Å². The van der Waals surface area contributed by atoms with Crippen LogP contribution in [0.15, 0.2) is 30.5 Å². The molecule has 1 aromatic heterocycles. The Hall–Kier alpha value is -1.84. The zero-order chi connectivity index (χ0) is 11.1. The molecule has 0 bridgehead atoms. The maximum absolute atomic E-state index is 11.1. The lowest BCUT2D eigenvalue weighted by atomic mass is 10.3. The van der Waals surface area contributed by atoms with Crippen molar-refractivity contribution in [2.45, 2.75) is 13.5 Å². The summed E-state index contributed by atoms with van der Waals surface area (Å²) in [4.78, 5) is 15.1. The Balaban J connectivity index is 2.47. The topological polar surface area (TPSA) is 51.2 Å². The lowest BCUT2D eigenvalue weighted by Gasteiger charge is -2.03. The Kier molecular flexibility index (Phi) is 4.34. The lowest BCUT2D eigenvalue weighted by Crippen LogP contribution is -2.20. The lowest BCUT2D eigenvalue weighted by molar-refractivity contribution is -0.116. The van der Waals surface area contributed by atoms with Gasteiger partial charge in [-0.05, 0) is 18.6 Å². The second kappa shape index (κ2) is 5.80. The molecule has 0 aliphatic heterocycles. The van der Waals surface area contributed by atoms with Crippen LogP contribution >= 0.6 is 0 Å². The Morgan fingerprint density at radius 2 is 2.40 bits per heavy atom. The van der Waals surface area contributed by atoms with Crippen molar-refractivity contribution in [2.24, 2.45) is 0 Å². The van der Waals surface area contributed by atoms with Gasteiger partial charge in [0.05, 0.1) is 7.11 Å². The van der Waals surface area contributed by atoms with Crippen molar-refractivity contribution in [3.63, 3.8) is 0 Å². The summed E-state index contributed by atoms with van der Waals surface area (Å²) in [5, 5.41) is 2.73. The summed E-state index contributed by atoms with van der Waals surface area (Å²) < 4.78 is 4.92. The zero-order valence-electron chi connectivity index (χ0n) is 8.86. The van der Waals surface area contributed by atoms with Gasteiger partial charge in [0, 0.05) is 18.8 Å². The minimum absolute atomic E-state index is 0.103. The molecule has 1 rings (SSSR count). The second-order valence-electron chi connectivity index (χ2n) is 2.93. The quantitative estimate of drug-likeness (QED) is 0.755. The maximum Gasteiger partial charge on any atom is 0.243 e. The van der Waals surface area contributed by atoms with Crippen molar-refractivity contribution >= 4 is 5.91 Å². The van der Waals surface area contributed by atoms with Crippen molar-refractivity contribution in [1.82, 2.24) is 10.3 Å². The predicted molar refractivity (Wildman–Crippen MR) is 57.4 cm³/mol. The molecule has 0 aliphatic carbocycles. The first-order chi connectivity index (χ1) is 7.26. The van der Waals surface area contributed by atoms with E-state index in [-0.39, 0.29) is 5.91 Å². The molecule has 0 atom stereocenters. The molecular formula is C11H14N2O2. The molecule has 80 valence electrons. The highest BCUT2D eigenvalue weighted by atomic mass is 16.5. The van der Waals surface area contributed by atoms with E-state index in [2.05, 4.69) is 10.3 Å². The normalized spacial score (nSPS) is 10.3. The van der Waals surface area contributed by atoms with Gasteiger partial charge < -0.3 is 10.1 Å². The fourth-order valence-corrected chi connectivity index (χ4v) is 1.04. The first-order valence-corrected chi connectivity index (χ1v) is 4.65. The Morgan fingerprint density at radius 3 is 2.93 bits per heavy atom. The number of allylic oxidation sites excluding steroid dienone is 1. The van der Waals surface area contributed by atoms with Crippen LogP contribution in [-0.2, 0) is 11.3 Å². The largest absolute Gasteiger partial charge is 0.481 e. The van der Waals surface area contributed by atoms with Gasteiger partial charge in [0.1, 0.15) is 0 Å². The highest BCUT2D eigenvalue weighted by Gasteiger charge is 1.97. The molecule has 1 N–H and O–H groups in total. The van der Waals surface area contributed by atoms with Crippen LogP contribution in [0.4, 0.5) is 0 Å². The van der Waals surface area contributed by atoms with Gasteiger partial charge in [-0.2, -0.15) is 0 Å². The number of carbonyl (C=O) groups excluding carboxylic acids is 1. The fourth-order valence-electron chi connectivity index (χ4n) is 1.04. The number of aromatic nitrogens is 1. The van der Waals surface area contributed by atoms with Crippen molar-refractivity contribution in [2.75, 3.05) is 7.11 Å². The number of carbonyl (C=O) groups is 1. The van der Waals surface area contributed by atoms with Crippen LogP contribution in [0.3, 0.4) is 0 Å². The molecule has 4 heteroatoms. The molecular weight excluding hydrogens is 192 g/mol. The van der Waals surface area contributed by atoms with E-state index in [1.807, 2.05) is 6.07 Å². The fraction of sp³-hybridized carbons (Fsp3) is 0.273. The second-order valence-corrected chi connectivity index (χ2v) is 2.93. The highest BCUT2D eigenvalue weighted by molar-refractivity contribution is 5.87. The summed E-state index contributed by atoms with van der Waals surface area (Å²) in [5.74, 6) is 0.465. The van der Waals surface area contributed by atoms with Crippen LogP contribution in [0, 0.1) is 0 Å². The molecule has 0 saturated carbocycles. The Morgan fingerprint density at radius 1 is 1.60 bits per heavy atom. The summed E-state index contributed by atoms with van der Waals surface area (Å²) >= 11 is 0. The molecule has 1 heterocycles. The summed E-state index contributed by atoms with van der Waals surface area (Å²) in [6, 6.07) is 3.62. The number of hydrogen-bond donors (Lipinski definition) is 1. The molecule has 0 radical (unpaired) electrons. The molecule has 0 aromatic carbocycles. The van der Waals surface area contributed by atoms with E-state index >= 15 is 0 Å². The van der Waals surface area contributed by atoms with Crippen LogP contribution in [0.2, 0.25) is 0 Å². The number of methoxy groups -OCH3 is 1. The zero-order valence-corrected chi connectivity index (χ0v) is 8.86. The van der Waals surface area contributed by atoms with Crippen LogP contribution < -0.4 is 10.1 Å². The summed E-state index contributed by atoms with van der Waals surface area (Å²) in [7, 11) is 1.57. The van der Waals surface area contributed by atoms with Crippen molar-refractivity contribution in [3.05, 3.63) is 36.0 Å². The summed E-state index contributed by atoms with van der Waals surface area (Å²) in [6.45, 7) is 2.27. The monoisotopic (exact) mass is 206 g/mol. The average Bonchev–Trinajstić information content (AvgIpc) is 2.27. The number of nitrogens with one attached hydrogen (secondary N) is 1. The van der Waals surface area contributed by atoms with Crippen LogP contribution in [0.25, 0.3) is 0 Å². The van der Waals surface area contributed by atoms with E-state index in [0.717, 1.165) is 5.56 Å².